The fraction of sp³-hybridized carbons (Fsp3) is 0.769. The number of fused-ring (bicyclic) bond motifs is 1. The zero-order valence-corrected chi connectivity index (χ0v) is 12.9. The van der Waals surface area contributed by atoms with Crippen molar-refractivity contribution in [2.75, 3.05) is 13.6 Å². The third-order valence-electron chi connectivity index (χ3n) is 3.81. The fourth-order valence-corrected chi connectivity index (χ4v) is 3.66. The van der Waals surface area contributed by atoms with Crippen LogP contribution in [0.2, 0.25) is 0 Å². The van der Waals surface area contributed by atoms with Gasteiger partial charge in [-0.1, -0.05) is 23.0 Å². The van der Waals surface area contributed by atoms with Crippen molar-refractivity contribution < 1.29 is 14.9 Å². The van der Waals surface area contributed by atoms with Crippen LogP contribution in [-0.4, -0.2) is 69.7 Å². The molecule has 1 saturated heterocycles. The number of ether oxygens (including phenoxy) is 1. The van der Waals surface area contributed by atoms with Crippen molar-refractivity contribution in [2.24, 2.45) is 10.2 Å². The van der Waals surface area contributed by atoms with Gasteiger partial charge in [-0.2, -0.15) is 4.91 Å². The molecule has 0 spiro atoms. The van der Waals surface area contributed by atoms with Crippen LogP contribution in [0.3, 0.4) is 0 Å². The van der Waals surface area contributed by atoms with Gasteiger partial charge in [0, 0.05) is 13.6 Å². The van der Waals surface area contributed by atoms with Crippen molar-refractivity contribution in [1.82, 2.24) is 4.90 Å². The Morgan fingerprint density at radius 2 is 2.29 bits per heavy atom. The summed E-state index contributed by atoms with van der Waals surface area (Å²) in [4.78, 5) is 17.3. The Kier molecular flexibility index (Phi) is 5.37. The first-order valence-electron chi connectivity index (χ1n) is 6.94. The Bertz CT molecular complexity index is 434. The molecule has 1 fully saturated rings. The summed E-state index contributed by atoms with van der Waals surface area (Å²) in [5.41, 5.74) is -0.411. The van der Waals surface area contributed by atoms with Crippen molar-refractivity contribution >= 4 is 16.9 Å². The molecule has 0 aliphatic carbocycles. The minimum absolute atomic E-state index is 0.294. The van der Waals surface area contributed by atoms with Crippen LogP contribution >= 0.6 is 11.8 Å². The summed E-state index contributed by atoms with van der Waals surface area (Å²) in [7, 11) is 1.90. The predicted molar refractivity (Wildman–Crippen MR) is 82.2 cm³/mol. The molecule has 0 aromatic rings. The molecule has 7 nitrogen and oxygen atoms in total. The van der Waals surface area contributed by atoms with Crippen molar-refractivity contribution in [3.8, 4) is 0 Å². The number of aliphatic hydroxyl groups is 2. The molecule has 2 heterocycles. The standard InChI is InChI=1S/C13H21N3O4S/c1-4-6-7(15-19)11-10(18)9(17)8-12(20-11)21-13(14-8)16(3)5-2/h4,7-12,17-18H,1,5-6H2,2-3H3/t7-,8-,9-,10+,11-,12-/m1/s1. The van der Waals surface area contributed by atoms with Crippen LogP contribution in [0.1, 0.15) is 13.3 Å². The lowest BCUT2D eigenvalue weighted by Crippen LogP contribution is -2.57. The predicted octanol–water partition coefficient (Wildman–Crippen LogP) is 0.567. The number of thioether (sulfide) groups is 1. The molecule has 8 heteroatoms. The maximum atomic E-state index is 10.9. The minimum atomic E-state index is -1.19. The summed E-state index contributed by atoms with van der Waals surface area (Å²) in [5, 5.41) is 24.2. The molecule has 6 atom stereocenters. The van der Waals surface area contributed by atoms with E-state index in [1.54, 1.807) is 6.08 Å². The zero-order valence-electron chi connectivity index (χ0n) is 12.1. The van der Waals surface area contributed by atoms with Gasteiger partial charge in [-0.15, -0.1) is 6.58 Å². The second-order valence-corrected chi connectivity index (χ2v) is 6.25. The number of hydrogen-bond donors (Lipinski definition) is 2. The Morgan fingerprint density at radius 1 is 1.57 bits per heavy atom. The number of nitroso groups, excluding NO2 is 1. The van der Waals surface area contributed by atoms with E-state index in [2.05, 4.69) is 16.7 Å². The summed E-state index contributed by atoms with van der Waals surface area (Å²) in [6.45, 7) is 6.34. The third-order valence-corrected chi connectivity index (χ3v) is 5.06. The van der Waals surface area contributed by atoms with E-state index >= 15 is 0 Å². The normalized spacial score (nSPS) is 36.6. The number of amidine groups is 1. The number of nitrogens with zero attached hydrogens (tertiary/aromatic N) is 3. The average Bonchev–Trinajstić information content (AvgIpc) is 2.92. The number of rotatable bonds is 5. The van der Waals surface area contributed by atoms with Gasteiger partial charge in [0.05, 0.1) is 0 Å². The first-order chi connectivity index (χ1) is 10.0. The summed E-state index contributed by atoms with van der Waals surface area (Å²) < 4.78 is 5.79. The Morgan fingerprint density at radius 3 is 2.86 bits per heavy atom. The Hall–Kier alpha value is -0.960. The van der Waals surface area contributed by atoms with Gasteiger partial charge in [-0.05, 0) is 13.3 Å². The average molecular weight is 315 g/mol. The van der Waals surface area contributed by atoms with E-state index in [9.17, 15) is 15.1 Å². The highest BCUT2D eigenvalue weighted by molar-refractivity contribution is 8.14. The maximum absolute atomic E-state index is 10.9. The molecular weight excluding hydrogens is 294 g/mol. The molecule has 2 aliphatic rings. The minimum Gasteiger partial charge on any atom is -0.388 e. The van der Waals surface area contributed by atoms with Gasteiger partial charge in [0.1, 0.15) is 35.8 Å². The number of hydrogen-bond acceptors (Lipinski definition) is 8. The molecule has 21 heavy (non-hydrogen) atoms. The summed E-state index contributed by atoms with van der Waals surface area (Å²) in [5.74, 6) is 0. The van der Waals surface area contributed by atoms with Crippen molar-refractivity contribution in [1.29, 1.82) is 0 Å². The van der Waals surface area contributed by atoms with Gasteiger partial charge < -0.3 is 19.8 Å². The monoisotopic (exact) mass is 315 g/mol. The first kappa shape index (κ1) is 16.4. The quantitative estimate of drug-likeness (QED) is 0.569. The lowest BCUT2D eigenvalue weighted by molar-refractivity contribution is -0.159. The number of aliphatic imine (C=N–C) groups is 1. The zero-order chi connectivity index (χ0) is 15.6. The molecule has 0 saturated carbocycles. The lowest BCUT2D eigenvalue weighted by atomic mass is 9.92. The Labute approximate surface area is 128 Å². The highest BCUT2D eigenvalue weighted by Crippen LogP contribution is 2.38. The number of aliphatic hydroxyl groups excluding tert-OH is 2. The van der Waals surface area contributed by atoms with Crippen LogP contribution in [-0.2, 0) is 4.74 Å². The van der Waals surface area contributed by atoms with Crippen molar-refractivity contribution in [3.05, 3.63) is 17.6 Å². The van der Waals surface area contributed by atoms with Crippen LogP contribution in [0.25, 0.3) is 0 Å². The van der Waals surface area contributed by atoms with E-state index < -0.39 is 35.8 Å². The summed E-state index contributed by atoms with van der Waals surface area (Å²) in [6, 6.07) is -1.29. The lowest BCUT2D eigenvalue weighted by Gasteiger charge is -2.39. The van der Waals surface area contributed by atoms with Gasteiger partial charge in [-0.25, -0.2) is 0 Å². The molecule has 0 radical (unpaired) electrons. The molecule has 0 aromatic carbocycles. The van der Waals surface area contributed by atoms with E-state index in [1.165, 1.54) is 11.8 Å². The third kappa shape index (κ3) is 3.13. The fourth-order valence-electron chi connectivity index (χ4n) is 2.42. The van der Waals surface area contributed by atoms with Crippen LogP contribution in [0.4, 0.5) is 0 Å². The molecular formula is C13H21N3O4S. The molecule has 0 aromatic heterocycles. The van der Waals surface area contributed by atoms with E-state index in [1.807, 2.05) is 18.9 Å². The maximum Gasteiger partial charge on any atom is 0.162 e. The van der Waals surface area contributed by atoms with Gasteiger partial charge in [-0.3, -0.25) is 4.99 Å². The molecule has 118 valence electrons. The summed E-state index contributed by atoms with van der Waals surface area (Å²) >= 11 is 1.40. The smallest absolute Gasteiger partial charge is 0.162 e. The van der Waals surface area contributed by atoms with Gasteiger partial charge in [0.2, 0.25) is 0 Å². The van der Waals surface area contributed by atoms with Crippen LogP contribution in [0.15, 0.2) is 22.8 Å². The first-order valence-corrected chi connectivity index (χ1v) is 7.82. The van der Waals surface area contributed by atoms with Crippen LogP contribution < -0.4 is 0 Å². The summed E-state index contributed by atoms with van der Waals surface area (Å²) in [6.07, 6.45) is -1.26. The largest absolute Gasteiger partial charge is 0.388 e. The topological polar surface area (TPSA) is 94.7 Å². The molecule has 0 amide bonds. The molecule has 2 aliphatic heterocycles. The molecule has 0 bridgehead atoms. The highest BCUT2D eigenvalue weighted by atomic mass is 32.2. The molecule has 2 rings (SSSR count). The van der Waals surface area contributed by atoms with E-state index in [4.69, 9.17) is 4.74 Å². The SMILES string of the molecule is C=CC[C@@H](N=O)[C@H]1O[C@@H]2SC(N(C)CC)=N[C@@H]2[C@@H](O)[C@@H]1O. The van der Waals surface area contributed by atoms with E-state index in [0.29, 0.717) is 6.42 Å². The van der Waals surface area contributed by atoms with Crippen LogP contribution in [0, 0.1) is 4.91 Å². The van der Waals surface area contributed by atoms with Crippen molar-refractivity contribution in [3.63, 3.8) is 0 Å². The molecule has 0 unspecified atom stereocenters. The van der Waals surface area contributed by atoms with E-state index in [0.717, 1.165) is 11.7 Å². The van der Waals surface area contributed by atoms with Crippen molar-refractivity contribution in [2.45, 2.75) is 49.2 Å². The highest BCUT2D eigenvalue weighted by Gasteiger charge is 2.50. The van der Waals surface area contributed by atoms with Gasteiger partial charge >= 0.3 is 0 Å². The van der Waals surface area contributed by atoms with Gasteiger partial charge in [0.25, 0.3) is 0 Å². The van der Waals surface area contributed by atoms with Gasteiger partial charge in [0.15, 0.2) is 5.17 Å². The molecule has 2 N–H and O–H groups in total. The second kappa shape index (κ2) is 6.87. The van der Waals surface area contributed by atoms with Crippen LogP contribution in [0.5, 0.6) is 0 Å². The van der Waals surface area contributed by atoms with E-state index in [-0.39, 0.29) is 0 Å². The Balaban J connectivity index is 2.15. The second-order valence-electron chi connectivity index (χ2n) is 5.18.